The van der Waals surface area contributed by atoms with Gasteiger partial charge in [0, 0.05) is 22.1 Å². The van der Waals surface area contributed by atoms with Crippen LogP contribution in [0.25, 0.3) is 11.1 Å². The van der Waals surface area contributed by atoms with Gasteiger partial charge in [-0.25, -0.2) is 4.79 Å². The molecule has 0 aromatic heterocycles. The van der Waals surface area contributed by atoms with Crippen molar-refractivity contribution in [2.45, 2.75) is 62.5 Å². The quantitative estimate of drug-likeness (QED) is 0.0978. The number of aliphatic hydroxyl groups is 1. The van der Waals surface area contributed by atoms with Crippen molar-refractivity contribution < 1.29 is 33.7 Å². The molecule has 2 aliphatic rings. The summed E-state index contributed by atoms with van der Waals surface area (Å²) < 4.78 is 18.6. The highest BCUT2D eigenvalue weighted by Gasteiger charge is 2.40. The summed E-state index contributed by atoms with van der Waals surface area (Å²) in [5, 5.41) is 12.1. The number of benzene rings is 5. The van der Waals surface area contributed by atoms with Gasteiger partial charge in [0.05, 0.1) is 31.8 Å². The minimum Gasteiger partial charge on any atom is -0.445 e. The smallest absolute Gasteiger partial charge is 0.408 e. The van der Waals surface area contributed by atoms with Gasteiger partial charge >= 0.3 is 6.09 Å². The zero-order chi connectivity index (χ0) is 37.4. The van der Waals surface area contributed by atoms with Gasteiger partial charge in [0.15, 0.2) is 6.29 Å². The van der Waals surface area contributed by atoms with Crippen LogP contribution in [0.4, 0.5) is 4.79 Å². The highest BCUT2D eigenvalue weighted by Crippen LogP contribution is 2.43. The molecule has 3 amide bonds. The van der Waals surface area contributed by atoms with E-state index in [2.05, 4.69) is 24.4 Å². The fourth-order valence-electron chi connectivity index (χ4n) is 6.74. The monoisotopic (exact) mass is 742 g/mol. The molecule has 7 rings (SSSR count). The van der Waals surface area contributed by atoms with E-state index in [-0.39, 0.29) is 50.2 Å². The summed E-state index contributed by atoms with van der Waals surface area (Å²) in [6, 6.07) is 42.2. The number of hydrogen-bond acceptors (Lipinski definition) is 8. The maximum Gasteiger partial charge on any atom is 0.408 e. The SMILES string of the molecule is C[C@H]1[C@@H](CSc2ccccc2)O[C@@H](c2ccc(-c3cccc(CN4C(=O)CC(NC(=O)OCc5ccccc5)C4=O)c3)cc2)O[C@H]1c1ccc(CO)cc1. The Labute approximate surface area is 319 Å². The summed E-state index contributed by atoms with van der Waals surface area (Å²) in [4.78, 5) is 40.8. The summed E-state index contributed by atoms with van der Waals surface area (Å²) in [7, 11) is 0. The summed E-state index contributed by atoms with van der Waals surface area (Å²) in [6.45, 7) is 2.30. The fourth-order valence-corrected chi connectivity index (χ4v) is 7.83. The summed E-state index contributed by atoms with van der Waals surface area (Å²) >= 11 is 1.76. The van der Waals surface area contributed by atoms with Crippen molar-refractivity contribution >= 4 is 29.7 Å². The number of nitrogens with one attached hydrogen (secondary N) is 1. The van der Waals surface area contributed by atoms with Crippen LogP contribution in [-0.4, -0.2) is 45.8 Å². The second-order valence-electron chi connectivity index (χ2n) is 13.5. The number of carbonyl (C=O) groups is 3. The second kappa shape index (κ2) is 17.3. The van der Waals surface area contributed by atoms with E-state index in [0.717, 1.165) is 44.7 Å². The van der Waals surface area contributed by atoms with Gasteiger partial charge in [-0.1, -0.05) is 122 Å². The molecule has 54 heavy (non-hydrogen) atoms. The number of hydrogen-bond donors (Lipinski definition) is 2. The van der Waals surface area contributed by atoms with Crippen LogP contribution in [0.2, 0.25) is 0 Å². The van der Waals surface area contributed by atoms with Crippen LogP contribution in [0.3, 0.4) is 0 Å². The van der Waals surface area contributed by atoms with Gasteiger partial charge < -0.3 is 24.6 Å². The normalized spacial score (nSPS) is 21.2. The molecule has 5 atom stereocenters. The molecule has 5 aromatic rings. The Bertz CT molecular complexity index is 2040. The first-order valence-corrected chi connectivity index (χ1v) is 19.0. The van der Waals surface area contributed by atoms with Gasteiger partial charge in [0.25, 0.3) is 5.91 Å². The third-order valence-corrected chi connectivity index (χ3v) is 10.9. The van der Waals surface area contributed by atoms with Crippen LogP contribution < -0.4 is 5.32 Å². The second-order valence-corrected chi connectivity index (χ2v) is 14.6. The van der Waals surface area contributed by atoms with Crippen molar-refractivity contribution in [1.29, 1.82) is 0 Å². The van der Waals surface area contributed by atoms with Crippen LogP contribution in [0, 0.1) is 5.92 Å². The minimum absolute atomic E-state index is 0.0148. The molecule has 2 fully saturated rings. The Morgan fingerprint density at radius 2 is 1.48 bits per heavy atom. The molecule has 2 heterocycles. The zero-order valence-electron chi connectivity index (χ0n) is 29.9. The highest BCUT2D eigenvalue weighted by molar-refractivity contribution is 7.99. The molecule has 0 radical (unpaired) electrons. The molecule has 0 spiro atoms. The largest absolute Gasteiger partial charge is 0.445 e. The maximum absolute atomic E-state index is 13.2. The number of carbonyl (C=O) groups excluding carboxylic acids is 3. The number of thioether (sulfide) groups is 1. The number of alkyl carbamates (subject to hydrolysis) is 1. The molecule has 2 N–H and O–H groups in total. The van der Waals surface area contributed by atoms with E-state index in [9.17, 15) is 19.5 Å². The molecular formula is C44H42N2O7S. The Hall–Kier alpha value is -5.26. The third kappa shape index (κ3) is 8.91. The fraction of sp³-hybridized carbons (Fsp3) is 0.250. The lowest BCUT2D eigenvalue weighted by Crippen LogP contribution is -2.41. The lowest BCUT2D eigenvalue weighted by atomic mass is 9.91. The number of ether oxygens (including phenoxy) is 3. The van der Waals surface area contributed by atoms with Gasteiger partial charge in [-0.15, -0.1) is 11.8 Å². The average Bonchev–Trinajstić information content (AvgIpc) is 3.47. The van der Waals surface area contributed by atoms with Crippen LogP contribution in [0.1, 0.15) is 53.6 Å². The first kappa shape index (κ1) is 37.1. The van der Waals surface area contributed by atoms with Crippen molar-refractivity contribution in [3.8, 4) is 11.1 Å². The maximum atomic E-state index is 13.2. The first-order valence-electron chi connectivity index (χ1n) is 18.0. The van der Waals surface area contributed by atoms with Crippen molar-refractivity contribution in [2.75, 3.05) is 5.75 Å². The standard InChI is InChI=1S/C44H42N2O7S/c1-29-39(28-54-37-13-6-3-7-14-37)52-43(53-41(29)34-17-15-30(26-47)16-18-34)35-21-19-33(20-22-35)36-12-8-11-32(23-36)25-46-40(48)24-38(42(46)49)45-44(50)51-27-31-9-4-2-5-10-31/h2-23,29,38-39,41,43,47H,24-28H2,1H3,(H,45,50)/t29-,38?,39+,41+,43+/m0/s1. The minimum atomic E-state index is -0.972. The van der Waals surface area contributed by atoms with E-state index in [4.69, 9.17) is 14.2 Å². The predicted molar refractivity (Wildman–Crippen MR) is 206 cm³/mol. The topological polar surface area (TPSA) is 114 Å². The van der Waals surface area contributed by atoms with Crippen molar-refractivity contribution in [3.63, 3.8) is 0 Å². The molecular weight excluding hydrogens is 701 g/mol. The van der Waals surface area contributed by atoms with Gasteiger partial charge in [-0.05, 0) is 51.6 Å². The summed E-state index contributed by atoms with van der Waals surface area (Å²) in [6.07, 6.45) is -1.75. The Balaban J connectivity index is 1.01. The molecule has 0 saturated carbocycles. The van der Waals surface area contributed by atoms with Crippen molar-refractivity contribution in [2.24, 2.45) is 5.92 Å². The van der Waals surface area contributed by atoms with Crippen LogP contribution in [0.5, 0.6) is 0 Å². The number of nitrogens with zero attached hydrogens (tertiary/aromatic N) is 1. The van der Waals surface area contributed by atoms with E-state index >= 15 is 0 Å². The lowest BCUT2D eigenvalue weighted by molar-refractivity contribution is -0.268. The van der Waals surface area contributed by atoms with Crippen LogP contribution in [-0.2, 0) is 43.6 Å². The van der Waals surface area contributed by atoms with Crippen LogP contribution >= 0.6 is 11.8 Å². The van der Waals surface area contributed by atoms with Gasteiger partial charge in [-0.3, -0.25) is 14.5 Å². The van der Waals surface area contributed by atoms with Crippen molar-refractivity contribution in [3.05, 3.63) is 161 Å². The molecule has 5 aromatic carbocycles. The van der Waals surface area contributed by atoms with E-state index in [1.54, 1.807) is 11.8 Å². The zero-order valence-corrected chi connectivity index (χ0v) is 30.7. The molecule has 2 saturated heterocycles. The molecule has 276 valence electrons. The van der Waals surface area contributed by atoms with Gasteiger partial charge in [0.2, 0.25) is 5.91 Å². The Morgan fingerprint density at radius 1 is 0.796 bits per heavy atom. The summed E-state index contributed by atoms with van der Waals surface area (Å²) in [5.41, 5.74) is 6.27. The van der Waals surface area contributed by atoms with E-state index in [0.29, 0.717) is 0 Å². The predicted octanol–water partition coefficient (Wildman–Crippen LogP) is 7.98. The molecule has 0 aliphatic carbocycles. The van der Waals surface area contributed by atoms with Crippen LogP contribution in [0.15, 0.2) is 138 Å². The average molecular weight is 743 g/mol. The molecule has 0 bridgehead atoms. The molecule has 1 unspecified atom stereocenters. The number of rotatable bonds is 12. The first-order chi connectivity index (χ1) is 26.3. The number of imide groups is 1. The Morgan fingerprint density at radius 3 is 2.20 bits per heavy atom. The number of aliphatic hydroxyl groups excluding tert-OH is 1. The number of likely N-dealkylation sites (tertiary alicyclic amines) is 1. The lowest BCUT2D eigenvalue weighted by Gasteiger charge is -2.41. The Kier molecular flexibility index (Phi) is 11.8. The van der Waals surface area contributed by atoms with E-state index < -0.39 is 24.3 Å². The van der Waals surface area contributed by atoms with E-state index in [1.165, 1.54) is 9.80 Å². The van der Waals surface area contributed by atoms with Crippen molar-refractivity contribution in [1.82, 2.24) is 10.2 Å². The molecule has 9 nitrogen and oxygen atoms in total. The van der Waals surface area contributed by atoms with Gasteiger partial charge in [-0.2, -0.15) is 0 Å². The third-order valence-electron chi connectivity index (χ3n) is 9.81. The van der Waals surface area contributed by atoms with E-state index in [1.807, 2.05) is 121 Å². The highest BCUT2D eigenvalue weighted by atomic mass is 32.2. The van der Waals surface area contributed by atoms with Gasteiger partial charge in [0.1, 0.15) is 12.6 Å². The summed E-state index contributed by atoms with van der Waals surface area (Å²) in [5.74, 6) is 0.0240. The molecule has 10 heteroatoms. The number of amides is 3. The molecule has 2 aliphatic heterocycles.